The minimum Gasteiger partial charge on any atom is -0.452 e. The third-order valence-electron chi connectivity index (χ3n) is 4.59. The van der Waals surface area contributed by atoms with Crippen LogP contribution in [0.4, 0.5) is 4.79 Å². The average Bonchev–Trinajstić information content (AvgIpc) is 2.97. The summed E-state index contributed by atoms with van der Waals surface area (Å²) in [5.74, 6) is -0.634. The van der Waals surface area contributed by atoms with Gasteiger partial charge in [-0.3, -0.25) is 10.1 Å². The number of ether oxygens (including phenoxy) is 1. The van der Waals surface area contributed by atoms with Crippen LogP contribution in [0.15, 0.2) is 18.2 Å². The van der Waals surface area contributed by atoms with Crippen LogP contribution in [0.25, 0.3) is 10.9 Å². The second-order valence-electron chi connectivity index (χ2n) is 6.67. The maximum Gasteiger partial charge on any atom is 0.338 e. The summed E-state index contributed by atoms with van der Waals surface area (Å²) in [5, 5.41) is 5.55. The Bertz CT molecular complexity index is 856. The lowest BCUT2D eigenvalue weighted by atomic mass is 9.87. The van der Waals surface area contributed by atoms with E-state index in [1.54, 1.807) is 13.0 Å². The fourth-order valence-corrected chi connectivity index (χ4v) is 3.30. The van der Waals surface area contributed by atoms with E-state index in [-0.39, 0.29) is 0 Å². The molecule has 7 nitrogen and oxygen atoms in total. The van der Waals surface area contributed by atoms with Gasteiger partial charge in [0.1, 0.15) is 0 Å². The first-order valence-electron chi connectivity index (χ1n) is 8.86. The van der Waals surface area contributed by atoms with Crippen molar-refractivity contribution in [2.45, 2.75) is 33.1 Å². The fourth-order valence-electron chi connectivity index (χ4n) is 3.30. The summed E-state index contributed by atoms with van der Waals surface area (Å²) in [6.07, 6.45) is 3.17. The highest BCUT2D eigenvalue weighted by Gasteiger charge is 2.21. The summed E-state index contributed by atoms with van der Waals surface area (Å²) in [7, 11) is 0. The van der Waals surface area contributed by atoms with Gasteiger partial charge in [0.15, 0.2) is 6.61 Å². The molecule has 1 heterocycles. The van der Waals surface area contributed by atoms with E-state index in [9.17, 15) is 14.4 Å². The van der Waals surface area contributed by atoms with Gasteiger partial charge in [-0.1, -0.05) is 6.92 Å². The van der Waals surface area contributed by atoms with Crippen LogP contribution in [0.3, 0.4) is 0 Å². The third kappa shape index (κ3) is 3.87. The molecular formula is C19H23N3O4. The van der Waals surface area contributed by atoms with Gasteiger partial charge in [0, 0.05) is 23.1 Å². The number of aromatic nitrogens is 1. The third-order valence-corrected chi connectivity index (χ3v) is 4.59. The van der Waals surface area contributed by atoms with E-state index in [0.717, 1.165) is 30.2 Å². The molecule has 3 amide bonds. The molecule has 0 radical (unpaired) electrons. The van der Waals surface area contributed by atoms with Gasteiger partial charge in [0.2, 0.25) is 0 Å². The lowest BCUT2D eigenvalue weighted by molar-refractivity contribution is -0.123. The number of aryl methyl sites for hydroxylation is 1. The number of esters is 1. The van der Waals surface area contributed by atoms with Crippen LogP contribution < -0.4 is 10.6 Å². The van der Waals surface area contributed by atoms with E-state index < -0.39 is 24.5 Å². The number of amides is 3. The molecule has 3 rings (SSSR count). The first-order valence-corrected chi connectivity index (χ1v) is 8.86. The van der Waals surface area contributed by atoms with E-state index in [4.69, 9.17) is 4.74 Å². The zero-order valence-electron chi connectivity index (χ0n) is 15.0. The molecule has 1 atom stereocenters. The number of H-pyrrole nitrogens is 1. The van der Waals surface area contributed by atoms with Crippen molar-refractivity contribution in [1.82, 2.24) is 15.6 Å². The summed E-state index contributed by atoms with van der Waals surface area (Å²) in [4.78, 5) is 38.5. The largest absolute Gasteiger partial charge is 0.452 e. The minimum atomic E-state index is -0.668. The Kier molecular flexibility index (Phi) is 5.25. The Hall–Kier alpha value is -2.83. The van der Waals surface area contributed by atoms with Crippen molar-refractivity contribution < 1.29 is 19.1 Å². The topological polar surface area (TPSA) is 100 Å². The Morgan fingerprint density at radius 2 is 2.12 bits per heavy atom. The highest BCUT2D eigenvalue weighted by atomic mass is 16.5. The number of hydrogen-bond donors (Lipinski definition) is 3. The van der Waals surface area contributed by atoms with Gasteiger partial charge >= 0.3 is 12.0 Å². The number of nitrogens with one attached hydrogen (secondary N) is 3. The van der Waals surface area contributed by atoms with Crippen LogP contribution in [-0.4, -0.2) is 36.0 Å². The van der Waals surface area contributed by atoms with E-state index in [2.05, 4.69) is 22.5 Å². The zero-order valence-corrected chi connectivity index (χ0v) is 15.0. The highest BCUT2D eigenvalue weighted by molar-refractivity contribution is 5.99. The molecule has 3 N–H and O–H groups in total. The highest BCUT2D eigenvalue weighted by Crippen LogP contribution is 2.32. The van der Waals surface area contributed by atoms with E-state index in [0.29, 0.717) is 18.0 Å². The second-order valence-corrected chi connectivity index (χ2v) is 6.67. The van der Waals surface area contributed by atoms with Gasteiger partial charge in [0.25, 0.3) is 5.91 Å². The molecule has 0 aliphatic heterocycles. The molecule has 1 aromatic carbocycles. The number of hydrogen-bond acceptors (Lipinski definition) is 4. The van der Waals surface area contributed by atoms with Crippen molar-refractivity contribution >= 4 is 28.8 Å². The standard InChI is InChI=1S/C19H23N3O4/c1-3-20-19(25)22-17(23)10-26-18(24)12-5-7-16-14(9-12)13-8-11(2)4-6-15(13)21-16/h5,7,9,11,21H,3-4,6,8,10H2,1-2H3,(H2,20,22,23,25)/t11-/m0/s1. The zero-order chi connectivity index (χ0) is 18.7. The molecule has 2 aromatic rings. The number of rotatable bonds is 4. The maximum absolute atomic E-state index is 12.2. The van der Waals surface area contributed by atoms with Crippen molar-refractivity contribution in [3.63, 3.8) is 0 Å². The fraction of sp³-hybridized carbons (Fsp3) is 0.421. The van der Waals surface area contributed by atoms with E-state index in [1.165, 1.54) is 11.3 Å². The monoisotopic (exact) mass is 357 g/mol. The van der Waals surface area contributed by atoms with Gasteiger partial charge in [-0.05, 0) is 55.9 Å². The SMILES string of the molecule is CCNC(=O)NC(=O)COC(=O)c1ccc2[nH]c3c(c2c1)C[C@@H](C)CC3. The predicted octanol–water partition coefficient (Wildman–Crippen LogP) is 2.30. The predicted molar refractivity (Wildman–Crippen MR) is 97.0 cm³/mol. The number of urea groups is 1. The molecule has 1 aliphatic rings. The Morgan fingerprint density at radius 1 is 1.31 bits per heavy atom. The van der Waals surface area contributed by atoms with Crippen LogP contribution in [-0.2, 0) is 22.4 Å². The number of carbonyl (C=O) groups is 3. The number of benzene rings is 1. The molecule has 138 valence electrons. The van der Waals surface area contributed by atoms with Crippen molar-refractivity contribution in [2.75, 3.05) is 13.2 Å². The molecule has 1 aliphatic carbocycles. The lowest BCUT2D eigenvalue weighted by Gasteiger charge is -2.18. The number of aromatic amines is 1. The van der Waals surface area contributed by atoms with Crippen LogP contribution in [0.2, 0.25) is 0 Å². The number of fused-ring (bicyclic) bond motifs is 3. The van der Waals surface area contributed by atoms with Crippen molar-refractivity contribution in [1.29, 1.82) is 0 Å². The van der Waals surface area contributed by atoms with Gasteiger partial charge in [-0.25, -0.2) is 9.59 Å². The lowest BCUT2D eigenvalue weighted by Crippen LogP contribution is -2.41. The molecule has 0 spiro atoms. The van der Waals surface area contributed by atoms with E-state index in [1.807, 2.05) is 12.1 Å². The number of imide groups is 1. The molecular weight excluding hydrogens is 334 g/mol. The van der Waals surface area contributed by atoms with Gasteiger partial charge in [-0.15, -0.1) is 0 Å². The van der Waals surface area contributed by atoms with Crippen molar-refractivity contribution in [3.8, 4) is 0 Å². The molecule has 0 saturated heterocycles. The first kappa shape index (κ1) is 18.0. The molecule has 0 unspecified atom stereocenters. The summed E-state index contributed by atoms with van der Waals surface area (Å²) >= 11 is 0. The molecule has 26 heavy (non-hydrogen) atoms. The smallest absolute Gasteiger partial charge is 0.338 e. The molecule has 1 aromatic heterocycles. The van der Waals surface area contributed by atoms with Crippen molar-refractivity contribution in [3.05, 3.63) is 35.0 Å². The summed E-state index contributed by atoms with van der Waals surface area (Å²) in [6, 6.07) is 4.75. The normalized spacial score (nSPS) is 16.0. The summed E-state index contributed by atoms with van der Waals surface area (Å²) in [5.41, 5.74) is 3.91. The van der Waals surface area contributed by atoms with Crippen LogP contribution in [0.1, 0.15) is 41.9 Å². The minimum absolute atomic E-state index is 0.392. The van der Waals surface area contributed by atoms with Crippen LogP contribution in [0.5, 0.6) is 0 Å². The Labute approximate surface area is 151 Å². The van der Waals surface area contributed by atoms with E-state index >= 15 is 0 Å². The number of carbonyl (C=O) groups excluding carboxylic acids is 3. The molecule has 0 bridgehead atoms. The molecule has 7 heteroatoms. The van der Waals surface area contributed by atoms with Crippen molar-refractivity contribution in [2.24, 2.45) is 5.92 Å². The van der Waals surface area contributed by atoms with Gasteiger partial charge < -0.3 is 15.0 Å². The molecule has 0 saturated carbocycles. The van der Waals surface area contributed by atoms with Gasteiger partial charge in [0.05, 0.1) is 5.56 Å². The second kappa shape index (κ2) is 7.59. The average molecular weight is 357 g/mol. The Morgan fingerprint density at radius 3 is 2.88 bits per heavy atom. The van der Waals surface area contributed by atoms with Gasteiger partial charge in [-0.2, -0.15) is 0 Å². The summed E-state index contributed by atoms with van der Waals surface area (Å²) in [6.45, 7) is 3.86. The van der Waals surface area contributed by atoms with Crippen LogP contribution in [0, 0.1) is 5.92 Å². The molecule has 0 fully saturated rings. The maximum atomic E-state index is 12.2. The summed E-state index contributed by atoms with van der Waals surface area (Å²) < 4.78 is 5.02. The Balaban J connectivity index is 1.68. The first-order chi connectivity index (χ1) is 12.5. The quantitative estimate of drug-likeness (QED) is 0.731. The van der Waals surface area contributed by atoms with Crippen LogP contribution >= 0.6 is 0 Å².